The molecule has 0 spiro atoms. The van der Waals surface area contributed by atoms with Gasteiger partial charge in [0.2, 0.25) is 0 Å². The largest absolute Gasteiger partial charge is 0.545 e. The van der Waals surface area contributed by atoms with E-state index in [2.05, 4.69) is 4.99 Å². The molecule has 0 amide bonds. The summed E-state index contributed by atoms with van der Waals surface area (Å²) in [6.45, 7) is 3.58. The molecule has 0 fully saturated rings. The van der Waals surface area contributed by atoms with Crippen LogP contribution in [-0.4, -0.2) is 30.2 Å². The number of carbonyl (C=O) groups excluding carboxylic acids is 2. The molecule has 0 aliphatic carbocycles. The van der Waals surface area contributed by atoms with E-state index in [4.69, 9.17) is 25.5 Å². The van der Waals surface area contributed by atoms with Crippen molar-refractivity contribution in [2.45, 2.75) is 19.9 Å². The van der Waals surface area contributed by atoms with Crippen LogP contribution >= 0.6 is 22.9 Å². The number of hydrogen-bond donors (Lipinski definition) is 0. The topological polar surface area (TPSA) is 123 Å². The van der Waals surface area contributed by atoms with Crippen LogP contribution in [-0.2, 0) is 9.53 Å². The van der Waals surface area contributed by atoms with Crippen molar-refractivity contribution in [1.29, 1.82) is 0 Å². The number of aromatic carboxylic acids is 1. The first kappa shape index (κ1) is 27.2. The highest BCUT2D eigenvalue weighted by Gasteiger charge is 2.35. The van der Waals surface area contributed by atoms with Gasteiger partial charge >= 0.3 is 5.97 Å². The average molecular weight is 578 g/mol. The Morgan fingerprint density at radius 1 is 1.20 bits per heavy atom. The highest BCUT2D eigenvalue weighted by Crippen LogP contribution is 2.35. The average Bonchev–Trinajstić information content (AvgIpc) is 3.52. The van der Waals surface area contributed by atoms with Crippen molar-refractivity contribution in [3.8, 4) is 17.1 Å². The van der Waals surface area contributed by atoms with E-state index in [-0.39, 0.29) is 28.3 Å². The molecule has 204 valence electrons. The number of ether oxygens (including phenoxy) is 2. The maximum atomic E-state index is 13.8. The Hall–Kier alpha value is -4.41. The molecule has 2 aromatic heterocycles. The van der Waals surface area contributed by atoms with Crippen LogP contribution in [0, 0.1) is 0 Å². The monoisotopic (exact) mass is 577 g/mol. The number of hydrogen-bond acceptors (Lipinski definition) is 9. The summed E-state index contributed by atoms with van der Waals surface area (Å²) in [5.74, 6) is -0.718. The fourth-order valence-electron chi connectivity index (χ4n) is 4.53. The third-order valence-corrected chi connectivity index (χ3v) is 7.63. The summed E-state index contributed by atoms with van der Waals surface area (Å²) in [5.41, 5.74) is 1.25. The Balaban J connectivity index is 1.64. The van der Waals surface area contributed by atoms with E-state index in [1.54, 1.807) is 62.4 Å². The van der Waals surface area contributed by atoms with E-state index >= 15 is 0 Å². The van der Waals surface area contributed by atoms with Gasteiger partial charge in [-0.05, 0) is 50.2 Å². The first-order valence-electron chi connectivity index (χ1n) is 12.2. The van der Waals surface area contributed by atoms with Gasteiger partial charge in [-0.2, -0.15) is 0 Å². The van der Waals surface area contributed by atoms with Crippen LogP contribution in [0.2, 0.25) is 5.02 Å². The molecule has 0 saturated carbocycles. The van der Waals surface area contributed by atoms with Crippen molar-refractivity contribution in [2.75, 3.05) is 13.7 Å². The molecule has 5 rings (SSSR count). The van der Waals surface area contributed by atoms with Crippen LogP contribution in [0.3, 0.4) is 0 Å². The lowest BCUT2D eigenvalue weighted by molar-refractivity contribution is -0.255. The molecular weight excluding hydrogens is 556 g/mol. The van der Waals surface area contributed by atoms with E-state index in [0.717, 1.165) is 11.3 Å². The number of carboxylic acids is 1. The zero-order chi connectivity index (χ0) is 28.6. The Kier molecular flexibility index (Phi) is 7.46. The molecule has 3 heterocycles. The summed E-state index contributed by atoms with van der Waals surface area (Å²) >= 11 is 7.10. The van der Waals surface area contributed by atoms with Crippen molar-refractivity contribution < 1.29 is 28.6 Å². The third-order valence-electron chi connectivity index (χ3n) is 6.32. The predicted molar refractivity (Wildman–Crippen MR) is 147 cm³/mol. The van der Waals surface area contributed by atoms with Crippen molar-refractivity contribution in [3.63, 3.8) is 0 Å². The molecule has 1 atom stereocenters. The van der Waals surface area contributed by atoms with Crippen molar-refractivity contribution >= 4 is 41.0 Å². The Labute approximate surface area is 236 Å². The fraction of sp³-hybridized carbons (Fsp3) is 0.172. The molecule has 0 unspecified atom stereocenters. The zero-order valence-electron chi connectivity index (χ0n) is 21.6. The number of carbonyl (C=O) groups is 2. The molecule has 9 nitrogen and oxygen atoms in total. The molecule has 11 heteroatoms. The molecule has 0 bridgehead atoms. The van der Waals surface area contributed by atoms with Gasteiger partial charge < -0.3 is 23.8 Å². The quantitative estimate of drug-likeness (QED) is 0.309. The Morgan fingerprint density at radius 2 is 1.98 bits per heavy atom. The lowest BCUT2D eigenvalue weighted by Crippen LogP contribution is -2.40. The maximum Gasteiger partial charge on any atom is 0.338 e. The van der Waals surface area contributed by atoms with E-state index in [1.165, 1.54) is 23.8 Å². The number of halogens is 1. The smallest absolute Gasteiger partial charge is 0.338 e. The SMILES string of the molecule is CCOC(=O)C1=C(C)N=c2s/c(=C\c3ccc(-c4ccc(Cl)c(C(=O)[O-])c4)o3)c(=O)n2[C@H]1c1ccccc1OC. The number of benzene rings is 2. The number of methoxy groups -OCH3 is 1. The zero-order valence-corrected chi connectivity index (χ0v) is 23.2. The number of fused-ring (bicyclic) bond motifs is 1. The van der Waals surface area contributed by atoms with Crippen LogP contribution in [0.25, 0.3) is 17.4 Å². The van der Waals surface area contributed by atoms with E-state index in [1.807, 2.05) is 0 Å². The minimum atomic E-state index is -1.40. The van der Waals surface area contributed by atoms with Gasteiger partial charge in [-0.15, -0.1) is 0 Å². The minimum Gasteiger partial charge on any atom is -0.545 e. The number of aromatic nitrogens is 1. The first-order valence-corrected chi connectivity index (χ1v) is 13.4. The summed E-state index contributed by atoms with van der Waals surface area (Å²) in [5, 5.41) is 11.4. The third kappa shape index (κ3) is 4.87. The van der Waals surface area contributed by atoms with E-state index < -0.39 is 18.0 Å². The Morgan fingerprint density at radius 3 is 2.70 bits per heavy atom. The molecule has 0 saturated heterocycles. The van der Waals surface area contributed by atoms with Gasteiger partial charge in [0, 0.05) is 27.8 Å². The van der Waals surface area contributed by atoms with Crippen LogP contribution < -0.4 is 24.7 Å². The van der Waals surface area contributed by atoms with Gasteiger partial charge in [0.1, 0.15) is 23.3 Å². The number of esters is 1. The summed E-state index contributed by atoms with van der Waals surface area (Å²) in [7, 11) is 1.52. The van der Waals surface area contributed by atoms with Gasteiger partial charge in [-0.1, -0.05) is 41.1 Å². The fourth-order valence-corrected chi connectivity index (χ4v) is 5.75. The van der Waals surface area contributed by atoms with Gasteiger partial charge in [0.15, 0.2) is 4.80 Å². The summed E-state index contributed by atoms with van der Waals surface area (Å²) in [4.78, 5) is 43.2. The predicted octanol–water partition coefficient (Wildman–Crippen LogP) is 3.08. The number of thiazole rings is 1. The number of para-hydroxylation sites is 1. The second-order valence-electron chi connectivity index (χ2n) is 8.73. The van der Waals surface area contributed by atoms with Gasteiger partial charge in [-0.25, -0.2) is 9.79 Å². The molecular formula is C29H22ClN2O7S-. The standard InChI is InChI=1S/C29H23ClN2O7S/c1-4-38-28(36)24-15(2)31-29-32(25(24)18-7-5-6-8-22(18)37-3)26(33)23(40-29)14-17-10-12-21(39-17)16-9-11-20(30)19(13-16)27(34)35/h5-14,25H,4H2,1-3H3,(H,34,35)/p-1/b23-14-/t25-/m0/s1. The second kappa shape index (κ2) is 11.0. The second-order valence-corrected chi connectivity index (χ2v) is 10.1. The number of carboxylic acid groups (broad SMARTS) is 1. The van der Waals surface area contributed by atoms with Gasteiger partial charge in [0.25, 0.3) is 5.56 Å². The minimum absolute atomic E-state index is 0.0544. The number of rotatable bonds is 7. The summed E-state index contributed by atoms with van der Waals surface area (Å²) in [6.07, 6.45) is 1.57. The molecule has 0 radical (unpaired) electrons. The maximum absolute atomic E-state index is 13.8. The highest BCUT2D eigenvalue weighted by atomic mass is 35.5. The van der Waals surface area contributed by atoms with Gasteiger partial charge in [-0.3, -0.25) is 9.36 Å². The lowest BCUT2D eigenvalue weighted by atomic mass is 9.95. The Bertz CT molecular complexity index is 1870. The molecule has 40 heavy (non-hydrogen) atoms. The van der Waals surface area contributed by atoms with E-state index in [0.29, 0.717) is 43.4 Å². The molecule has 2 aromatic carbocycles. The first-order chi connectivity index (χ1) is 19.2. The van der Waals surface area contributed by atoms with Crippen molar-refractivity contribution in [1.82, 2.24) is 4.57 Å². The molecule has 1 aliphatic rings. The van der Waals surface area contributed by atoms with Crippen molar-refractivity contribution in [2.24, 2.45) is 4.99 Å². The van der Waals surface area contributed by atoms with Crippen LogP contribution in [0.15, 0.2) is 80.1 Å². The van der Waals surface area contributed by atoms with Gasteiger partial charge in [0.05, 0.1) is 35.5 Å². The molecule has 1 aliphatic heterocycles. The van der Waals surface area contributed by atoms with Crippen LogP contribution in [0.1, 0.15) is 41.6 Å². The van der Waals surface area contributed by atoms with E-state index in [9.17, 15) is 19.5 Å². The summed E-state index contributed by atoms with van der Waals surface area (Å²) < 4.78 is 18.6. The number of allylic oxidation sites excluding steroid dienone is 1. The highest BCUT2D eigenvalue weighted by molar-refractivity contribution is 7.07. The number of furan rings is 1. The lowest BCUT2D eigenvalue weighted by Gasteiger charge is -2.25. The van der Waals surface area contributed by atoms with Crippen molar-refractivity contribution in [3.05, 3.63) is 107 Å². The summed E-state index contributed by atoms with van der Waals surface area (Å²) in [6, 6.07) is 14.1. The normalized spacial score (nSPS) is 15.0. The number of nitrogens with zero attached hydrogens (tertiary/aromatic N) is 2. The van der Waals surface area contributed by atoms with Crippen LogP contribution in [0.4, 0.5) is 0 Å². The van der Waals surface area contributed by atoms with Crippen LogP contribution in [0.5, 0.6) is 5.75 Å². The molecule has 4 aromatic rings. The molecule has 0 N–H and O–H groups in total.